The molecule has 1 aromatic rings. The molecule has 1 aliphatic rings. The van der Waals surface area contributed by atoms with Crippen LogP contribution in [0.4, 0.5) is 11.5 Å². The first kappa shape index (κ1) is 10.3. The summed E-state index contributed by atoms with van der Waals surface area (Å²) in [5, 5.41) is 0. The first-order chi connectivity index (χ1) is 7.16. The molecular weight excluding hydrogens is 186 g/mol. The van der Waals surface area contributed by atoms with E-state index in [1.807, 2.05) is 18.3 Å². The molecule has 0 radical (unpaired) electrons. The second kappa shape index (κ2) is 4.09. The van der Waals surface area contributed by atoms with Crippen LogP contribution in [0.2, 0.25) is 0 Å². The van der Waals surface area contributed by atoms with Crippen LogP contribution in [0.3, 0.4) is 0 Å². The maximum Gasteiger partial charge on any atom is 0.151 e. The molecule has 1 saturated heterocycles. The molecule has 2 heterocycles. The smallest absolute Gasteiger partial charge is 0.151 e. The molecule has 1 fully saturated rings. The molecule has 3 nitrogen and oxygen atoms in total. The molecule has 2 atom stereocenters. The number of nitrogens with two attached hydrogens (primary N) is 1. The van der Waals surface area contributed by atoms with E-state index in [-0.39, 0.29) is 0 Å². The van der Waals surface area contributed by atoms with Crippen molar-refractivity contribution in [2.45, 2.75) is 20.3 Å². The van der Waals surface area contributed by atoms with Gasteiger partial charge in [-0.2, -0.15) is 0 Å². The summed E-state index contributed by atoms with van der Waals surface area (Å²) in [5.41, 5.74) is 6.73. The Bertz CT molecular complexity index is 327. The molecular formula is C12H19N3. The minimum atomic E-state index is 0.732. The fourth-order valence-electron chi connectivity index (χ4n) is 2.51. The Morgan fingerprint density at radius 3 is 2.60 bits per heavy atom. The van der Waals surface area contributed by atoms with E-state index in [1.54, 1.807) is 0 Å². The normalized spacial score (nSPS) is 26.7. The minimum absolute atomic E-state index is 0.732. The number of hydrogen-bond donors (Lipinski definition) is 1. The number of nitrogen functional groups attached to an aromatic ring is 1. The Kier molecular flexibility index (Phi) is 2.80. The SMILES string of the molecule is C[C@@H]1C[C@@H](C)CN(c2ncccc2N)C1. The van der Waals surface area contributed by atoms with Gasteiger partial charge in [-0.3, -0.25) is 0 Å². The largest absolute Gasteiger partial charge is 0.396 e. The van der Waals surface area contributed by atoms with Crippen molar-refractivity contribution in [3.8, 4) is 0 Å². The molecule has 0 bridgehead atoms. The van der Waals surface area contributed by atoms with E-state index < -0.39 is 0 Å². The van der Waals surface area contributed by atoms with E-state index in [9.17, 15) is 0 Å². The molecule has 0 amide bonds. The van der Waals surface area contributed by atoms with Crippen molar-refractivity contribution in [3.63, 3.8) is 0 Å². The van der Waals surface area contributed by atoms with E-state index in [2.05, 4.69) is 23.7 Å². The lowest BCUT2D eigenvalue weighted by molar-refractivity contribution is 0.355. The number of aromatic nitrogens is 1. The molecule has 2 N–H and O–H groups in total. The average Bonchev–Trinajstić information content (AvgIpc) is 2.16. The summed E-state index contributed by atoms with van der Waals surface area (Å²) < 4.78 is 0. The van der Waals surface area contributed by atoms with E-state index in [0.717, 1.165) is 36.4 Å². The lowest BCUT2D eigenvalue weighted by Gasteiger charge is -2.36. The fourth-order valence-corrected chi connectivity index (χ4v) is 2.51. The summed E-state index contributed by atoms with van der Waals surface area (Å²) in [7, 11) is 0. The van der Waals surface area contributed by atoms with Gasteiger partial charge in [-0.05, 0) is 30.4 Å². The highest BCUT2D eigenvalue weighted by Gasteiger charge is 2.23. The average molecular weight is 205 g/mol. The van der Waals surface area contributed by atoms with Gasteiger partial charge in [0.2, 0.25) is 0 Å². The standard InChI is InChI=1S/C12H19N3/c1-9-6-10(2)8-15(7-9)12-11(13)4-3-5-14-12/h3-5,9-10H,6-8,13H2,1-2H3/t9-,10-/m1/s1. The predicted molar refractivity (Wildman–Crippen MR) is 63.8 cm³/mol. The molecule has 2 rings (SSSR count). The lowest BCUT2D eigenvalue weighted by atomic mass is 9.92. The molecule has 15 heavy (non-hydrogen) atoms. The number of nitrogens with zero attached hydrogens (tertiary/aromatic N) is 2. The Morgan fingerprint density at radius 2 is 2.00 bits per heavy atom. The summed E-state index contributed by atoms with van der Waals surface area (Å²) in [6.07, 6.45) is 3.12. The van der Waals surface area contributed by atoms with Crippen LogP contribution in [0, 0.1) is 11.8 Å². The van der Waals surface area contributed by atoms with Crippen molar-refractivity contribution in [1.29, 1.82) is 0 Å². The van der Waals surface area contributed by atoms with Crippen LogP contribution in [-0.2, 0) is 0 Å². The zero-order valence-electron chi connectivity index (χ0n) is 9.48. The first-order valence-corrected chi connectivity index (χ1v) is 5.62. The third-order valence-corrected chi connectivity index (χ3v) is 2.99. The van der Waals surface area contributed by atoms with Gasteiger partial charge in [-0.15, -0.1) is 0 Å². The number of piperidine rings is 1. The van der Waals surface area contributed by atoms with Crippen molar-refractivity contribution < 1.29 is 0 Å². The predicted octanol–water partition coefficient (Wildman–Crippen LogP) is 2.15. The van der Waals surface area contributed by atoms with Gasteiger partial charge < -0.3 is 10.6 Å². The van der Waals surface area contributed by atoms with Gasteiger partial charge in [0.25, 0.3) is 0 Å². The number of anilines is 2. The molecule has 82 valence electrons. The lowest BCUT2D eigenvalue weighted by Crippen LogP contribution is -2.39. The van der Waals surface area contributed by atoms with Gasteiger partial charge in [0.15, 0.2) is 5.82 Å². The van der Waals surface area contributed by atoms with Gasteiger partial charge in [0, 0.05) is 19.3 Å². The van der Waals surface area contributed by atoms with Crippen molar-refractivity contribution in [1.82, 2.24) is 4.98 Å². The van der Waals surface area contributed by atoms with Crippen molar-refractivity contribution in [3.05, 3.63) is 18.3 Å². The fraction of sp³-hybridized carbons (Fsp3) is 0.583. The van der Waals surface area contributed by atoms with E-state index in [4.69, 9.17) is 5.73 Å². The van der Waals surface area contributed by atoms with Crippen molar-refractivity contribution in [2.24, 2.45) is 11.8 Å². The quantitative estimate of drug-likeness (QED) is 0.763. The van der Waals surface area contributed by atoms with Crippen molar-refractivity contribution >= 4 is 11.5 Å². The van der Waals surface area contributed by atoms with Crippen LogP contribution >= 0.6 is 0 Å². The molecule has 0 aromatic carbocycles. The van der Waals surface area contributed by atoms with Gasteiger partial charge in [-0.1, -0.05) is 13.8 Å². The molecule has 3 heteroatoms. The second-order valence-corrected chi connectivity index (χ2v) is 4.77. The zero-order chi connectivity index (χ0) is 10.8. The van der Waals surface area contributed by atoms with Crippen LogP contribution < -0.4 is 10.6 Å². The highest BCUT2D eigenvalue weighted by molar-refractivity contribution is 5.62. The Balaban J connectivity index is 2.20. The zero-order valence-corrected chi connectivity index (χ0v) is 9.48. The second-order valence-electron chi connectivity index (χ2n) is 4.77. The topological polar surface area (TPSA) is 42.2 Å². The Morgan fingerprint density at radius 1 is 1.33 bits per heavy atom. The van der Waals surface area contributed by atoms with Crippen LogP contribution in [0.25, 0.3) is 0 Å². The van der Waals surface area contributed by atoms with Crippen LogP contribution in [0.15, 0.2) is 18.3 Å². The highest BCUT2D eigenvalue weighted by Crippen LogP contribution is 2.27. The number of hydrogen-bond acceptors (Lipinski definition) is 3. The molecule has 0 saturated carbocycles. The maximum absolute atomic E-state index is 5.94. The number of rotatable bonds is 1. The first-order valence-electron chi connectivity index (χ1n) is 5.62. The van der Waals surface area contributed by atoms with E-state index in [1.165, 1.54) is 6.42 Å². The molecule has 0 spiro atoms. The third-order valence-electron chi connectivity index (χ3n) is 2.99. The van der Waals surface area contributed by atoms with Crippen LogP contribution in [0.1, 0.15) is 20.3 Å². The van der Waals surface area contributed by atoms with E-state index in [0.29, 0.717) is 0 Å². The van der Waals surface area contributed by atoms with Crippen LogP contribution in [-0.4, -0.2) is 18.1 Å². The van der Waals surface area contributed by atoms with Gasteiger partial charge in [0.05, 0.1) is 5.69 Å². The highest BCUT2D eigenvalue weighted by atomic mass is 15.2. The Hall–Kier alpha value is -1.25. The number of pyridine rings is 1. The molecule has 1 aromatic heterocycles. The third kappa shape index (κ3) is 2.22. The molecule has 1 aliphatic heterocycles. The van der Waals surface area contributed by atoms with Crippen LogP contribution in [0.5, 0.6) is 0 Å². The summed E-state index contributed by atoms with van der Waals surface area (Å²) in [5.74, 6) is 2.42. The Labute approximate surface area is 91.3 Å². The molecule has 0 unspecified atom stereocenters. The summed E-state index contributed by atoms with van der Waals surface area (Å²) in [6, 6.07) is 3.81. The maximum atomic E-state index is 5.94. The van der Waals surface area contributed by atoms with Crippen molar-refractivity contribution in [2.75, 3.05) is 23.7 Å². The molecule has 0 aliphatic carbocycles. The summed E-state index contributed by atoms with van der Waals surface area (Å²) in [4.78, 5) is 6.69. The van der Waals surface area contributed by atoms with Gasteiger partial charge in [-0.25, -0.2) is 4.98 Å². The summed E-state index contributed by atoms with van der Waals surface area (Å²) >= 11 is 0. The monoisotopic (exact) mass is 205 g/mol. The van der Waals surface area contributed by atoms with Gasteiger partial charge >= 0.3 is 0 Å². The minimum Gasteiger partial charge on any atom is -0.396 e. The summed E-state index contributed by atoms with van der Waals surface area (Å²) in [6.45, 7) is 6.74. The van der Waals surface area contributed by atoms with E-state index >= 15 is 0 Å². The van der Waals surface area contributed by atoms with Gasteiger partial charge in [0.1, 0.15) is 0 Å².